The zero-order chi connectivity index (χ0) is 11.3. The lowest BCUT2D eigenvalue weighted by Crippen LogP contribution is -1.95. The second-order valence-corrected chi connectivity index (χ2v) is 4.00. The van der Waals surface area contributed by atoms with Crippen molar-refractivity contribution in [3.63, 3.8) is 0 Å². The largest absolute Gasteiger partial charge is 0.496 e. The van der Waals surface area contributed by atoms with E-state index in [4.69, 9.17) is 21.4 Å². The van der Waals surface area contributed by atoms with Crippen LogP contribution in [0.2, 0.25) is 5.02 Å². The first-order chi connectivity index (χ1) is 7.19. The topological polar surface area (TPSA) is 29.5 Å². The highest BCUT2D eigenvalue weighted by Gasteiger charge is 2.06. The van der Waals surface area contributed by atoms with Gasteiger partial charge in [-0.2, -0.15) is 0 Å². The fourth-order valence-electron chi connectivity index (χ4n) is 1.51. The molecule has 0 fully saturated rings. The van der Waals surface area contributed by atoms with Gasteiger partial charge in [-0.3, -0.25) is 0 Å². The Hall–Kier alpha value is -0.730. The molecule has 0 aromatic heterocycles. The summed E-state index contributed by atoms with van der Waals surface area (Å²) >= 11 is 6.05. The van der Waals surface area contributed by atoms with E-state index < -0.39 is 0 Å². The first-order valence-electron chi connectivity index (χ1n) is 5.13. The van der Waals surface area contributed by atoms with Gasteiger partial charge < -0.3 is 9.84 Å². The summed E-state index contributed by atoms with van der Waals surface area (Å²) in [6.45, 7) is 2.20. The third-order valence-corrected chi connectivity index (χ3v) is 2.82. The van der Waals surface area contributed by atoms with E-state index in [0.29, 0.717) is 0 Å². The number of ether oxygens (including phenoxy) is 1. The van der Waals surface area contributed by atoms with Crippen molar-refractivity contribution in [2.45, 2.75) is 26.2 Å². The highest BCUT2D eigenvalue weighted by Crippen LogP contribution is 2.27. The van der Waals surface area contributed by atoms with Gasteiger partial charge in [-0.1, -0.05) is 11.6 Å². The molecule has 1 aromatic carbocycles. The Morgan fingerprint density at radius 1 is 1.33 bits per heavy atom. The van der Waals surface area contributed by atoms with Gasteiger partial charge in [0.1, 0.15) is 5.75 Å². The minimum Gasteiger partial charge on any atom is -0.496 e. The van der Waals surface area contributed by atoms with E-state index in [-0.39, 0.29) is 6.61 Å². The van der Waals surface area contributed by atoms with Crippen LogP contribution in [0.1, 0.15) is 24.0 Å². The van der Waals surface area contributed by atoms with Crippen LogP contribution in [0, 0.1) is 6.92 Å². The van der Waals surface area contributed by atoms with Crippen LogP contribution in [0.15, 0.2) is 12.1 Å². The maximum absolute atomic E-state index is 8.71. The second-order valence-electron chi connectivity index (χ2n) is 3.59. The molecule has 15 heavy (non-hydrogen) atoms. The molecule has 1 N–H and O–H groups in total. The maximum atomic E-state index is 8.71. The number of methoxy groups -OCH3 is 1. The predicted octanol–water partition coefficient (Wildman–Crippen LogP) is 2.97. The molecule has 1 rings (SSSR count). The molecule has 0 bridgehead atoms. The molecule has 0 heterocycles. The van der Waals surface area contributed by atoms with Gasteiger partial charge in [0, 0.05) is 11.6 Å². The van der Waals surface area contributed by atoms with Crippen LogP contribution < -0.4 is 4.74 Å². The van der Waals surface area contributed by atoms with Crippen LogP contribution in [0.3, 0.4) is 0 Å². The number of unbranched alkanes of at least 4 members (excludes halogenated alkanes) is 1. The minimum atomic E-state index is 0.238. The fraction of sp³-hybridized carbons (Fsp3) is 0.500. The van der Waals surface area contributed by atoms with Gasteiger partial charge in [0.15, 0.2) is 0 Å². The molecule has 0 radical (unpaired) electrons. The molecule has 1 aromatic rings. The van der Waals surface area contributed by atoms with E-state index in [1.807, 2.05) is 19.1 Å². The highest BCUT2D eigenvalue weighted by molar-refractivity contribution is 6.31. The van der Waals surface area contributed by atoms with Crippen LogP contribution in [0.5, 0.6) is 5.75 Å². The van der Waals surface area contributed by atoms with E-state index in [0.717, 1.165) is 41.2 Å². The smallest absolute Gasteiger partial charge is 0.122 e. The summed E-state index contributed by atoms with van der Waals surface area (Å²) in [6, 6.07) is 3.91. The summed E-state index contributed by atoms with van der Waals surface area (Å²) in [7, 11) is 1.66. The zero-order valence-corrected chi connectivity index (χ0v) is 9.97. The van der Waals surface area contributed by atoms with Crippen LogP contribution >= 0.6 is 11.6 Å². The van der Waals surface area contributed by atoms with Crippen molar-refractivity contribution in [3.8, 4) is 5.75 Å². The average Bonchev–Trinajstić information content (AvgIpc) is 2.23. The molecule has 0 saturated carbocycles. The number of hydrogen-bond acceptors (Lipinski definition) is 2. The molecule has 0 spiro atoms. The molecule has 84 valence electrons. The van der Waals surface area contributed by atoms with E-state index in [9.17, 15) is 0 Å². The standard InChI is InChI=1S/C12H17ClO2/c1-9-7-12(15-2)10(8-11(9)13)5-3-4-6-14/h7-8,14H,3-6H2,1-2H3. The molecule has 0 saturated heterocycles. The molecule has 0 unspecified atom stereocenters. The number of aliphatic hydroxyl groups excluding tert-OH is 1. The van der Waals surface area contributed by atoms with Crippen molar-refractivity contribution in [1.29, 1.82) is 0 Å². The number of rotatable bonds is 5. The van der Waals surface area contributed by atoms with Crippen LogP contribution in [0.25, 0.3) is 0 Å². The second kappa shape index (κ2) is 5.99. The predicted molar refractivity (Wildman–Crippen MR) is 62.8 cm³/mol. The van der Waals surface area contributed by atoms with Gasteiger partial charge in [0.05, 0.1) is 7.11 Å². The number of benzene rings is 1. The molecule has 0 aliphatic heterocycles. The number of aryl methyl sites for hydroxylation is 2. The lowest BCUT2D eigenvalue weighted by molar-refractivity contribution is 0.284. The first-order valence-corrected chi connectivity index (χ1v) is 5.50. The molecular weight excluding hydrogens is 212 g/mol. The average molecular weight is 229 g/mol. The summed E-state index contributed by atoms with van der Waals surface area (Å²) in [4.78, 5) is 0. The van der Waals surface area contributed by atoms with E-state index >= 15 is 0 Å². The fourth-order valence-corrected chi connectivity index (χ4v) is 1.70. The Bertz CT molecular complexity index is 324. The molecule has 0 amide bonds. The van der Waals surface area contributed by atoms with E-state index in [1.54, 1.807) is 7.11 Å². The Labute approximate surface area is 95.8 Å². The Kier molecular flexibility index (Phi) is 4.92. The van der Waals surface area contributed by atoms with Crippen LogP contribution in [-0.4, -0.2) is 18.8 Å². The molecular formula is C12H17ClO2. The Morgan fingerprint density at radius 2 is 2.07 bits per heavy atom. The van der Waals surface area contributed by atoms with Crippen molar-refractivity contribution in [3.05, 3.63) is 28.3 Å². The van der Waals surface area contributed by atoms with Gasteiger partial charge >= 0.3 is 0 Å². The normalized spacial score (nSPS) is 10.4. The third-order valence-electron chi connectivity index (χ3n) is 2.42. The van der Waals surface area contributed by atoms with Gasteiger partial charge in [-0.05, 0) is 49.4 Å². The first kappa shape index (κ1) is 12.3. The molecule has 3 heteroatoms. The van der Waals surface area contributed by atoms with Crippen LogP contribution in [0.4, 0.5) is 0 Å². The summed E-state index contributed by atoms with van der Waals surface area (Å²) < 4.78 is 5.29. The molecule has 0 aliphatic carbocycles. The highest BCUT2D eigenvalue weighted by atomic mass is 35.5. The maximum Gasteiger partial charge on any atom is 0.122 e. The third kappa shape index (κ3) is 3.40. The van der Waals surface area contributed by atoms with Gasteiger partial charge in [-0.15, -0.1) is 0 Å². The SMILES string of the molecule is COc1cc(C)c(Cl)cc1CCCCO. The monoisotopic (exact) mass is 228 g/mol. The quantitative estimate of drug-likeness (QED) is 0.786. The van der Waals surface area contributed by atoms with Gasteiger partial charge in [-0.25, -0.2) is 0 Å². The van der Waals surface area contributed by atoms with Crippen molar-refractivity contribution in [2.75, 3.05) is 13.7 Å². The van der Waals surface area contributed by atoms with Gasteiger partial charge in [0.2, 0.25) is 0 Å². The van der Waals surface area contributed by atoms with Gasteiger partial charge in [0.25, 0.3) is 0 Å². The molecule has 0 atom stereocenters. The number of hydrogen-bond donors (Lipinski definition) is 1. The molecule has 0 aliphatic rings. The zero-order valence-electron chi connectivity index (χ0n) is 9.22. The van der Waals surface area contributed by atoms with Crippen molar-refractivity contribution < 1.29 is 9.84 Å². The van der Waals surface area contributed by atoms with E-state index in [1.165, 1.54) is 0 Å². The Morgan fingerprint density at radius 3 is 2.67 bits per heavy atom. The van der Waals surface area contributed by atoms with Crippen molar-refractivity contribution in [2.24, 2.45) is 0 Å². The summed E-state index contributed by atoms with van der Waals surface area (Å²) in [5.74, 6) is 0.884. The van der Waals surface area contributed by atoms with Crippen molar-refractivity contribution in [1.82, 2.24) is 0 Å². The van der Waals surface area contributed by atoms with Crippen LogP contribution in [-0.2, 0) is 6.42 Å². The lowest BCUT2D eigenvalue weighted by Gasteiger charge is -2.10. The summed E-state index contributed by atoms with van der Waals surface area (Å²) in [5.41, 5.74) is 2.14. The Balaban J connectivity index is 2.80. The van der Waals surface area contributed by atoms with Crippen molar-refractivity contribution >= 4 is 11.6 Å². The summed E-state index contributed by atoms with van der Waals surface area (Å²) in [6.07, 6.45) is 2.66. The number of halogens is 1. The lowest BCUT2D eigenvalue weighted by atomic mass is 10.1. The summed E-state index contributed by atoms with van der Waals surface area (Å²) in [5, 5.41) is 9.49. The minimum absolute atomic E-state index is 0.238. The van der Waals surface area contributed by atoms with E-state index in [2.05, 4.69) is 0 Å². The molecule has 2 nitrogen and oxygen atoms in total. The number of aliphatic hydroxyl groups is 1.